The van der Waals surface area contributed by atoms with Crippen LogP contribution in [0.15, 0.2) is 0 Å². The molecule has 3 aliphatic rings. The molecule has 1 aliphatic heterocycles. The highest BCUT2D eigenvalue weighted by Crippen LogP contribution is 2.47. The van der Waals surface area contributed by atoms with Crippen molar-refractivity contribution < 1.29 is 4.74 Å². The Hall–Kier alpha value is -0.0800. The minimum Gasteiger partial charge on any atom is -0.376 e. The lowest BCUT2D eigenvalue weighted by atomic mass is 9.74. The molecule has 0 aromatic rings. The van der Waals surface area contributed by atoms with Gasteiger partial charge in [-0.3, -0.25) is 0 Å². The van der Waals surface area contributed by atoms with E-state index in [0.29, 0.717) is 6.10 Å². The Morgan fingerprint density at radius 3 is 2.25 bits per heavy atom. The monoisotopic (exact) mass is 223 g/mol. The van der Waals surface area contributed by atoms with Crippen LogP contribution >= 0.6 is 0 Å². The highest BCUT2D eigenvalue weighted by molar-refractivity contribution is 5.06. The van der Waals surface area contributed by atoms with Crippen molar-refractivity contribution in [2.45, 2.75) is 69.4 Å². The summed E-state index contributed by atoms with van der Waals surface area (Å²) in [5.41, 5.74) is 6.80. The van der Waals surface area contributed by atoms with Crippen LogP contribution < -0.4 is 5.73 Å². The summed E-state index contributed by atoms with van der Waals surface area (Å²) in [6, 6.07) is 0. The van der Waals surface area contributed by atoms with E-state index in [1.165, 1.54) is 51.4 Å². The zero-order chi connectivity index (χ0) is 11.0. The van der Waals surface area contributed by atoms with Crippen molar-refractivity contribution in [1.82, 2.24) is 0 Å². The maximum atomic E-state index is 6.76. The van der Waals surface area contributed by atoms with Gasteiger partial charge in [0.1, 0.15) is 0 Å². The van der Waals surface area contributed by atoms with Gasteiger partial charge < -0.3 is 10.5 Å². The van der Waals surface area contributed by atoms with Crippen LogP contribution in [0.4, 0.5) is 0 Å². The molecule has 2 heteroatoms. The summed E-state index contributed by atoms with van der Waals surface area (Å²) < 4.78 is 5.96. The molecule has 3 rings (SSSR count). The van der Waals surface area contributed by atoms with Crippen molar-refractivity contribution in [3.05, 3.63) is 0 Å². The van der Waals surface area contributed by atoms with E-state index in [2.05, 4.69) is 0 Å². The van der Waals surface area contributed by atoms with Gasteiger partial charge in [-0.15, -0.1) is 0 Å². The topological polar surface area (TPSA) is 35.2 Å². The second kappa shape index (κ2) is 4.30. The second-order valence-corrected chi connectivity index (χ2v) is 6.18. The number of rotatable bonds is 2. The molecule has 2 atom stereocenters. The predicted molar refractivity (Wildman–Crippen MR) is 65.2 cm³/mol. The Balaban J connectivity index is 1.73. The third-order valence-electron chi connectivity index (χ3n) is 5.03. The Labute approximate surface area is 98.9 Å². The van der Waals surface area contributed by atoms with Crippen LogP contribution in [0.5, 0.6) is 0 Å². The van der Waals surface area contributed by atoms with Crippen LogP contribution in [-0.2, 0) is 4.74 Å². The summed E-state index contributed by atoms with van der Waals surface area (Å²) in [5, 5.41) is 0. The van der Waals surface area contributed by atoms with E-state index in [1.54, 1.807) is 0 Å². The van der Waals surface area contributed by atoms with Crippen molar-refractivity contribution in [3.63, 3.8) is 0 Å². The second-order valence-electron chi connectivity index (χ2n) is 6.18. The van der Waals surface area contributed by atoms with Crippen molar-refractivity contribution >= 4 is 0 Å². The third-order valence-corrected chi connectivity index (χ3v) is 5.03. The molecule has 16 heavy (non-hydrogen) atoms. The van der Waals surface area contributed by atoms with Gasteiger partial charge in [0.25, 0.3) is 0 Å². The quantitative estimate of drug-likeness (QED) is 0.731. The van der Waals surface area contributed by atoms with Gasteiger partial charge >= 0.3 is 0 Å². The molecule has 2 unspecified atom stereocenters. The lowest BCUT2D eigenvalue weighted by molar-refractivity contribution is 0.0400. The zero-order valence-electron chi connectivity index (χ0n) is 10.3. The Morgan fingerprint density at radius 2 is 1.62 bits per heavy atom. The molecule has 1 heterocycles. The van der Waals surface area contributed by atoms with E-state index in [-0.39, 0.29) is 5.54 Å². The molecule has 2 nitrogen and oxygen atoms in total. The summed E-state index contributed by atoms with van der Waals surface area (Å²) in [7, 11) is 0. The van der Waals surface area contributed by atoms with Crippen molar-refractivity contribution in [2.24, 2.45) is 17.6 Å². The summed E-state index contributed by atoms with van der Waals surface area (Å²) in [4.78, 5) is 0. The van der Waals surface area contributed by atoms with Gasteiger partial charge in [-0.25, -0.2) is 0 Å². The van der Waals surface area contributed by atoms with Crippen LogP contribution in [-0.4, -0.2) is 18.2 Å². The van der Waals surface area contributed by atoms with Gasteiger partial charge in [-0.05, 0) is 43.9 Å². The molecule has 2 aliphatic carbocycles. The molecule has 0 spiro atoms. The lowest BCUT2D eigenvalue weighted by Crippen LogP contribution is -2.54. The average Bonchev–Trinajstić information content (AvgIpc) is 3.08. The predicted octanol–water partition coefficient (Wildman–Crippen LogP) is 2.85. The maximum absolute atomic E-state index is 6.76. The molecule has 0 radical (unpaired) electrons. The number of nitrogens with two attached hydrogens (primary N) is 1. The van der Waals surface area contributed by atoms with Crippen molar-refractivity contribution in [2.75, 3.05) is 6.61 Å². The molecule has 2 saturated carbocycles. The first-order valence-corrected chi connectivity index (χ1v) is 7.21. The van der Waals surface area contributed by atoms with E-state index in [9.17, 15) is 0 Å². The summed E-state index contributed by atoms with van der Waals surface area (Å²) in [6.07, 6.45) is 12.5. The smallest absolute Gasteiger partial charge is 0.0786 e. The highest BCUT2D eigenvalue weighted by Gasteiger charge is 2.52. The minimum absolute atomic E-state index is 0.0332. The molecule has 0 bridgehead atoms. The lowest BCUT2D eigenvalue weighted by Gasteiger charge is -2.37. The SMILES string of the molecule is NC1(C2CCCCCC2)CCOC1C1CC1. The Kier molecular flexibility index (Phi) is 2.97. The van der Waals surface area contributed by atoms with Crippen LogP contribution in [0.1, 0.15) is 57.8 Å². The molecule has 2 N–H and O–H groups in total. The first kappa shape index (κ1) is 11.0. The Morgan fingerprint density at radius 1 is 0.938 bits per heavy atom. The fourth-order valence-electron chi connectivity index (χ4n) is 3.89. The van der Waals surface area contributed by atoms with Gasteiger partial charge in [0.15, 0.2) is 0 Å². The Bertz CT molecular complexity index is 243. The van der Waals surface area contributed by atoms with Gasteiger partial charge in [0.2, 0.25) is 0 Å². The molecule has 0 aromatic carbocycles. The molecule has 0 amide bonds. The molecule has 92 valence electrons. The van der Waals surface area contributed by atoms with Crippen LogP contribution in [0.3, 0.4) is 0 Å². The molecular formula is C14H25NO. The van der Waals surface area contributed by atoms with Crippen LogP contribution in [0.2, 0.25) is 0 Å². The van der Waals surface area contributed by atoms with Crippen LogP contribution in [0, 0.1) is 11.8 Å². The third kappa shape index (κ3) is 1.91. The largest absolute Gasteiger partial charge is 0.376 e. The summed E-state index contributed by atoms with van der Waals surface area (Å²) in [5.74, 6) is 1.54. The molecule has 1 saturated heterocycles. The summed E-state index contributed by atoms with van der Waals surface area (Å²) >= 11 is 0. The normalized spacial score (nSPS) is 42.2. The molecular weight excluding hydrogens is 198 g/mol. The van der Waals surface area contributed by atoms with Crippen LogP contribution in [0.25, 0.3) is 0 Å². The molecule has 0 aromatic heterocycles. The molecule has 3 fully saturated rings. The van der Waals surface area contributed by atoms with Gasteiger partial charge in [0.05, 0.1) is 6.10 Å². The van der Waals surface area contributed by atoms with E-state index in [0.717, 1.165) is 24.9 Å². The van der Waals surface area contributed by atoms with E-state index < -0.39 is 0 Å². The standard InChI is InChI=1S/C14H25NO/c15-14(12-5-3-1-2-4-6-12)9-10-16-13(14)11-7-8-11/h11-13H,1-10,15H2. The van der Waals surface area contributed by atoms with Gasteiger partial charge in [-0.1, -0.05) is 25.7 Å². The van der Waals surface area contributed by atoms with E-state index in [4.69, 9.17) is 10.5 Å². The first-order valence-electron chi connectivity index (χ1n) is 7.21. The number of hydrogen-bond acceptors (Lipinski definition) is 2. The van der Waals surface area contributed by atoms with Gasteiger partial charge in [-0.2, -0.15) is 0 Å². The van der Waals surface area contributed by atoms with Gasteiger partial charge in [0, 0.05) is 12.1 Å². The average molecular weight is 223 g/mol. The van der Waals surface area contributed by atoms with E-state index >= 15 is 0 Å². The van der Waals surface area contributed by atoms with E-state index in [1.807, 2.05) is 0 Å². The van der Waals surface area contributed by atoms with Crippen molar-refractivity contribution in [1.29, 1.82) is 0 Å². The summed E-state index contributed by atoms with van der Waals surface area (Å²) in [6.45, 7) is 0.911. The fraction of sp³-hybridized carbons (Fsp3) is 1.00. The fourth-order valence-corrected chi connectivity index (χ4v) is 3.89. The first-order chi connectivity index (χ1) is 7.81. The maximum Gasteiger partial charge on any atom is 0.0786 e. The minimum atomic E-state index is 0.0332. The highest BCUT2D eigenvalue weighted by atomic mass is 16.5. The zero-order valence-corrected chi connectivity index (χ0v) is 10.3. The van der Waals surface area contributed by atoms with Crippen molar-refractivity contribution in [3.8, 4) is 0 Å². The number of ether oxygens (including phenoxy) is 1. The number of hydrogen-bond donors (Lipinski definition) is 1.